The predicted octanol–water partition coefficient (Wildman–Crippen LogP) is 3.40. The van der Waals surface area contributed by atoms with Crippen molar-refractivity contribution in [2.24, 2.45) is 0 Å². The lowest BCUT2D eigenvalue weighted by Gasteiger charge is -2.08. The third-order valence-corrected chi connectivity index (χ3v) is 2.24. The summed E-state index contributed by atoms with van der Waals surface area (Å²) in [4.78, 5) is 0. The van der Waals surface area contributed by atoms with Crippen molar-refractivity contribution in [1.29, 1.82) is 0 Å². The Labute approximate surface area is 85.5 Å². The summed E-state index contributed by atoms with van der Waals surface area (Å²) in [6.07, 6.45) is -5.59. The number of benzene rings is 1. The number of alkyl halides is 3. The first-order valence-corrected chi connectivity index (χ1v) is 4.32. The Bertz CT molecular complexity index is 348. The molecule has 0 radical (unpaired) electrons. The monoisotopic (exact) mass is 272 g/mol. The van der Waals surface area contributed by atoms with E-state index in [9.17, 15) is 17.6 Å². The number of rotatable bonds is 1. The second-order valence-electron chi connectivity index (χ2n) is 2.69. The maximum Gasteiger partial charge on any atom is 0.393 e. The Hall–Kier alpha value is -0.780. The van der Waals surface area contributed by atoms with Gasteiger partial charge in [0.2, 0.25) is 0 Å². The fourth-order valence-electron chi connectivity index (χ4n) is 0.932. The Morgan fingerprint density at radius 2 is 1.86 bits per heavy atom. The van der Waals surface area contributed by atoms with E-state index in [-0.39, 0.29) is 10.0 Å². The minimum atomic E-state index is -4.38. The molecule has 6 heteroatoms. The second kappa shape index (κ2) is 3.76. The topological polar surface area (TPSA) is 20.2 Å². The molecule has 0 aliphatic heterocycles. The van der Waals surface area contributed by atoms with Crippen LogP contribution in [0.2, 0.25) is 0 Å². The molecule has 1 nitrogen and oxygen atoms in total. The zero-order valence-corrected chi connectivity index (χ0v) is 8.28. The largest absolute Gasteiger partial charge is 0.505 e. The SMILES string of the molecule is Oc1cc(CC(F)(F)F)c(Br)cc1F. The first-order chi connectivity index (χ1) is 6.29. The lowest BCUT2D eigenvalue weighted by Crippen LogP contribution is -2.12. The van der Waals surface area contributed by atoms with Crippen LogP contribution < -0.4 is 0 Å². The Morgan fingerprint density at radius 3 is 2.36 bits per heavy atom. The molecule has 0 saturated heterocycles. The van der Waals surface area contributed by atoms with Crippen molar-refractivity contribution in [2.45, 2.75) is 12.6 Å². The van der Waals surface area contributed by atoms with Crippen LogP contribution in [0, 0.1) is 5.82 Å². The lowest BCUT2D eigenvalue weighted by atomic mass is 10.1. The summed E-state index contributed by atoms with van der Waals surface area (Å²) in [5.74, 6) is -1.74. The predicted molar refractivity (Wildman–Crippen MR) is 45.5 cm³/mol. The smallest absolute Gasteiger partial charge is 0.393 e. The fraction of sp³-hybridized carbons (Fsp3) is 0.250. The summed E-state index contributed by atoms with van der Waals surface area (Å²) in [6, 6.07) is 1.56. The van der Waals surface area contributed by atoms with E-state index < -0.39 is 24.2 Å². The highest BCUT2D eigenvalue weighted by Gasteiger charge is 2.29. The van der Waals surface area contributed by atoms with Crippen molar-refractivity contribution in [3.63, 3.8) is 0 Å². The Morgan fingerprint density at radius 1 is 1.29 bits per heavy atom. The van der Waals surface area contributed by atoms with Crippen LogP contribution in [0.15, 0.2) is 16.6 Å². The van der Waals surface area contributed by atoms with Crippen molar-refractivity contribution >= 4 is 15.9 Å². The number of aromatic hydroxyl groups is 1. The summed E-state index contributed by atoms with van der Waals surface area (Å²) in [7, 11) is 0. The minimum Gasteiger partial charge on any atom is -0.505 e. The van der Waals surface area contributed by atoms with E-state index in [0.717, 1.165) is 12.1 Å². The molecule has 0 atom stereocenters. The van der Waals surface area contributed by atoms with Crippen LogP contribution in [0.5, 0.6) is 5.75 Å². The van der Waals surface area contributed by atoms with Gasteiger partial charge in [-0.25, -0.2) is 4.39 Å². The molecule has 1 N–H and O–H groups in total. The van der Waals surface area contributed by atoms with E-state index in [1.807, 2.05) is 0 Å². The van der Waals surface area contributed by atoms with Gasteiger partial charge in [-0.15, -0.1) is 0 Å². The van der Waals surface area contributed by atoms with Crippen LogP contribution in [0.4, 0.5) is 17.6 Å². The molecule has 0 aliphatic carbocycles. The molecule has 0 unspecified atom stereocenters. The minimum absolute atomic E-state index is 0.00914. The highest BCUT2D eigenvalue weighted by molar-refractivity contribution is 9.10. The van der Waals surface area contributed by atoms with E-state index in [1.54, 1.807) is 0 Å². The van der Waals surface area contributed by atoms with E-state index in [1.165, 1.54) is 0 Å². The highest BCUT2D eigenvalue weighted by Crippen LogP contribution is 2.30. The van der Waals surface area contributed by atoms with Crippen molar-refractivity contribution in [1.82, 2.24) is 0 Å². The van der Waals surface area contributed by atoms with Crippen LogP contribution in [0.25, 0.3) is 0 Å². The Balaban J connectivity index is 3.04. The molecule has 14 heavy (non-hydrogen) atoms. The lowest BCUT2D eigenvalue weighted by molar-refractivity contribution is -0.127. The molecular weight excluding hydrogens is 268 g/mol. The summed E-state index contributed by atoms with van der Waals surface area (Å²) < 4.78 is 48.5. The molecule has 1 aromatic rings. The molecule has 1 rings (SSSR count). The number of halogens is 5. The molecule has 0 spiro atoms. The summed E-state index contributed by atoms with van der Waals surface area (Å²) in [5, 5.41) is 8.86. The van der Waals surface area contributed by atoms with Crippen molar-refractivity contribution in [2.75, 3.05) is 0 Å². The van der Waals surface area contributed by atoms with Crippen molar-refractivity contribution < 1.29 is 22.7 Å². The van der Waals surface area contributed by atoms with Gasteiger partial charge < -0.3 is 5.11 Å². The number of hydrogen-bond acceptors (Lipinski definition) is 1. The van der Waals surface area contributed by atoms with Gasteiger partial charge in [-0.2, -0.15) is 13.2 Å². The first-order valence-electron chi connectivity index (χ1n) is 3.53. The zero-order chi connectivity index (χ0) is 10.9. The molecule has 1 aromatic carbocycles. The summed E-state index contributed by atoms with van der Waals surface area (Å²) in [5.41, 5.74) is -0.198. The van der Waals surface area contributed by atoms with E-state index in [4.69, 9.17) is 5.11 Å². The molecule has 0 bridgehead atoms. The quantitative estimate of drug-likeness (QED) is 0.777. The second-order valence-corrected chi connectivity index (χ2v) is 3.54. The Kier molecular flexibility index (Phi) is 3.04. The van der Waals surface area contributed by atoms with Gasteiger partial charge in [-0.3, -0.25) is 0 Å². The highest BCUT2D eigenvalue weighted by atomic mass is 79.9. The third-order valence-electron chi connectivity index (χ3n) is 1.51. The van der Waals surface area contributed by atoms with Crippen LogP contribution in [0.3, 0.4) is 0 Å². The normalized spacial score (nSPS) is 11.8. The number of phenolic OH excluding ortho intramolecular Hbond substituents is 1. The van der Waals surface area contributed by atoms with Gasteiger partial charge in [0.05, 0.1) is 6.42 Å². The van der Waals surface area contributed by atoms with E-state index in [2.05, 4.69) is 15.9 Å². The van der Waals surface area contributed by atoms with Crippen LogP contribution in [0.1, 0.15) is 5.56 Å². The average Bonchev–Trinajstić information content (AvgIpc) is 1.97. The van der Waals surface area contributed by atoms with Crippen molar-refractivity contribution in [3.05, 3.63) is 28.0 Å². The van der Waals surface area contributed by atoms with Gasteiger partial charge in [0.15, 0.2) is 11.6 Å². The van der Waals surface area contributed by atoms with Gasteiger partial charge in [-0.05, 0) is 17.7 Å². The van der Waals surface area contributed by atoms with Gasteiger partial charge in [0.1, 0.15) is 0 Å². The molecule has 0 amide bonds. The molecular formula is C8H5BrF4O. The van der Waals surface area contributed by atoms with Crippen LogP contribution in [-0.2, 0) is 6.42 Å². The molecule has 78 valence electrons. The van der Waals surface area contributed by atoms with E-state index >= 15 is 0 Å². The van der Waals surface area contributed by atoms with Gasteiger partial charge in [0, 0.05) is 4.47 Å². The fourth-order valence-corrected chi connectivity index (χ4v) is 1.39. The van der Waals surface area contributed by atoms with Gasteiger partial charge >= 0.3 is 6.18 Å². The molecule has 0 aliphatic rings. The average molecular weight is 273 g/mol. The molecule has 0 fully saturated rings. The molecule has 0 heterocycles. The molecule has 0 aromatic heterocycles. The maximum atomic E-state index is 12.6. The standard InChI is InChI=1S/C8H5BrF4O/c9-5-2-6(10)7(14)1-4(5)3-8(11,12)13/h1-2,14H,3H2. The van der Waals surface area contributed by atoms with Crippen LogP contribution in [-0.4, -0.2) is 11.3 Å². The summed E-state index contributed by atoms with van der Waals surface area (Å²) >= 11 is 2.78. The first kappa shape index (κ1) is 11.3. The van der Waals surface area contributed by atoms with Crippen molar-refractivity contribution in [3.8, 4) is 5.75 Å². The maximum absolute atomic E-state index is 12.6. The van der Waals surface area contributed by atoms with Crippen LogP contribution >= 0.6 is 15.9 Å². The zero-order valence-electron chi connectivity index (χ0n) is 6.70. The van der Waals surface area contributed by atoms with Gasteiger partial charge in [0.25, 0.3) is 0 Å². The van der Waals surface area contributed by atoms with Gasteiger partial charge in [-0.1, -0.05) is 15.9 Å². The summed E-state index contributed by atoms with van der Waals surface area (Å²) in [6.45, 7) is 0. The number of hydrogen-bond donors (Lipinski definition) is 1. The third kappa shape index (κ3) is 2.87. The van der Waals surface area contributed by atoms with E-state index in [0.29, 0.717) is 0 Å². The number of phenols is 1. The molecule has 0 saturated carbocycles.